The molecule has 1 amide bonds. The standard InChI is InChI=1S/C14H16N2O4/c15-12-6-7-16(8-11(12)13(17)18)14(19)20-9-10-4-2-1-3-5-10/h1-5H,6-9,15H2,(H,17,18). The third-order valence-corrected chi connectivity index (χ3v) is 3.11. The van der Waals surface area contributed by atoms with E-state index in [2.05, 4.69) is 0 Å². The Kier molecular flexibility index (Phi) is 4.24. The zero-order valence-corrected chi connectivity index (χ0v) is 10.9. The molecule has 6 heteroatoms. The van der Waals surface area contributed by atoms with E-state index in [0.29, 0.717) is 18.7 Å². The number of benzene rings is 1. The smallest absolute Gasteiger partial charge is 0.410 e. The van der Waals surface area contributed by atoms with Crippen LogP contribution in [0.3, 0.4) is 0 Å². The average molecular weight is 276 g/mol. The van der Waals surface area contributed by atoms with Crippen LogP contribution in [-0.4, -0.2) is 35.2 Å². The highest BCUT2D eigenvalue weighted by atomic mass is 16.6. The zero-order chi connectivity index (χ0) is 14.5. The summed E-state index contributed by atoms with van der Waals surface area (Å²) in [7, 11) is 0. The molecule has 0 bridgehead atoms. The van der Waals surface area contributed by atoms with Gasteiger partial charge in [-0.1, -0.05) is 30.3 Å². The Morgan fingerprint density at radius 1 is 1.30 bits per heavy atom. The first-order chi connectivity index (χ1) is 9.58. The van der Waals surface area contributed by atoms with Crippen LogP contribution in [0.1, 0.15) is 12.0 Å². The summed E-state index contributed by atoms with van der Waals surface area (Å²) in [4.78, 5) is 24.2. The van der Waals surface area contributed by atoms with Gasteiger partial charge in [-0.3, -0.25) is 0 Å². The molecule has 20 heavy (non-hydrogen) atoms. The van der Waals surface area contributed by atoms with Crippen LogP contribution in [0.4, 0.5) is 4.79 Å². The van der Waals surface area contributed by atoms with E-state index < -0.39 is 12.1 Å². The number of hydrogen-bond donors (Lipinski definition) is 2. The van der Waals surface area contributed by atoms with Crippen molar-refractivity contribution in [3.63, 3.8) is 0 Å². The second-order valence-electron chi connectivity index (χ2n) is 4.52. The van der Waals surface area contributed by atoms with E-state index in [1.54, 1.807) is 0 Å². The third kappa shape index (κ3) is 3.28. The Bertz CT molecular complexity index is 539. The van der Waals surface area contributed by atoms with E-state index in [9.17, 15) is 9.59 Å². The van der Waals surface area contributed by atoms with Crippen molar-refractivity contribution in [3.8, 4) is 0 Å². The Labute approximate surface area is 116 Å². The number of nitrogens with two attached hydrogens (primary N) is 1. The van der Waals surface area contributed by atoms with Gasteiger partial charge in [-0.15, -0.1) is 0 Å². The molecule has 1 aliphatic rings. The minimum absolute atomic E-state index is 0.0191. The molecule has 2 rings (SSSR count). The summed E-state index contributed by atoms with van der Waals surface area (Å²) in [5.74, 6) is -1.09. The molecule has 0 spiro atoms. The summed E-state index contributed by atoms with van der Waals surface area (Å²) in [5.41, 5.74) is 6.89. The maximum atomic E-state index is 11.9. The Hall–Kier alpha value is -2.50. The van der Waals surface area contributed by atoms with Crippen LogP contribution in [0.2, 0.25) is 0 Å². The maximum absolute atomic E-state index is 11.9. The van der Waals surface area contributed by atoms with E-state index >= 15 is 0 Å². The highest BCUT2D eigenvalue weighted by Gasteiger charge is 2.26. The van der Waals surface area contributed by atoms with Crippen molar-refractivity contribution in [1.82, 2.24) is 4.90 Å². The molecule has 106 valence electrons. The van der Waals surface area contributed by atoms with Gasteiger partial charge in [0, 0.05) is 18.7 Å². The van der Waals surface area contributed by atoms with Crippen LogP contribution in [-0.2, 0) is 16.1 Å². The number of amides is 1. The fraction of sp³-hybridized carbons (Fsp3) is 0.286. The second kappa shape index (κ2) is 6.10. The van der Waals surface area contributed by atoms with Gasteiger partial charge in [0.2, 0.25) is 0 Å². The normalized spacial score (nSPS) is 15.1. The molecule has 1 aliphatic heterocycles. The molecule has 0 unspecified atom stereocenters. The number of carbonyl (C=O) groups is 2. The Morgan fingerprint density at radius 2 is 2.00 bits per heavy atom. The topological polar surface area (TPSA) is 92.9 Å². The van der Waals surface area contributed by atoms with E-state index in [1.807, 2.05) is 30.3 Å². The summed E-state index contributed by atoms with van der Waals surface area (Å²) in [6, 6.07) is 9.29. The van der Waals surface area contributed by atoms with Crippen LogP contribution in [0.25, 0.3) is 0 Å². The number of hydrogen-bond acceptors (Lipinski definition) is 4. The number of rotatable bonds is 3. The fourth-order valence-electron chi connectivity index (χ4n) is 1.95. The van der Waals surface area contributed by atoms with E-state index in [-0.39, 0.29) is 18.7 Å². The number of carbonyl (C=O) groups excluding carboxylic acids is 1. The van der Waals surface area contributed by atoms with Crippen molar-refractivity contribution < 1.29 is 19.4 Å². The Morgan fingerprint density at radius 3 is 2.65 bits per heavy atom. The molecule has 0 atom stereocenters. The van der Waals surface area contributed by atoms with Gasteiger partial charge in [-0.05, 0) is 5.56 Å². The molecule has 0 aromatic heterocycles. The van der Waals surface area contributed by atoms with Crippen LogP contribution in [0.5, 0.6) is 0 Å². The molecule has 1 heterocycles. The van der Waals surface area contributed by atoms with E-state index in [4.69, 9.17) is 15.6 Å². The van der Waals surface area contributed by atoms with Crippen molar-refractivity contribution in [2.45, 2.75) is 13.0 Å². The van der Waals surface area contributed by atoms with Gasteiger partial charge < -0.3 is 20.5 Å². The van der Waals surface area contributed by atoms with Crippen molar-refractivity contribution in [1.29, 1.82) is 0 Å². The predicted octanol–water partition coefficient (Wildman–Crippen LogP) is 1.33. The number of carboxylic acid groups (broad SMARTS) is 1. The monoisotopic (exact) mass is 276 g/mol. The first-order valence-corrected chi connectivity index (χ1v) is 6.24. The largest absolute Gasteiger partial charge is 0.478 e. The van der Waals surface area contributed by atoms with Gasteiger partial charge in [0.05, 0.1) is 12.1 Å². The molecule has 0 radical (unpaired) electrons. The molecule has 1 aromatic carbocycles. The SMILES string of the molecule is NC1=C(C(=O)O)CN(C(=O)OCc2ccccc2)CC1. The van der Waals surface area contributed by atoms with Crippen molar-refractivity contribution in [2.75, 3.05) is 13.1 Å². The summed E-state index contributed by atoms with van der Waals surface area (Å²) < 4.78 is 5.16. The molecular weight excluding hydrogens is 260 g/mol. The summed E-state index contributed by atoms with van der Waals surface area (Å²) >= 11 is 0. The van der Waals surface area contributed by atoms with Crippen molar-refractivity contribution >= 4 is 12.1 Å². The molecular formula is C14H16N2O4. The minimum atomic E-state index is -1.09. The zero-order valence-electron chi connectivity index (χ0n) is 10.9. The van der Waals surface area contributed by atoms with Gasteiger partial charge in [-0.2, -0.15) is 0 Å². The number of ether oxygens (including phenoxy) is 1. The number of carboxylic acids is 1. The van der Waals surface area contributed by atoms with Gasteiger partial charge in [0.1, 0.15) is 6.61 Å². The summed E-state index contributed by atoms with van der Waals surface area (Å²) in [6.45, 7) is 0.517. The maximum Gasteiger partial charge on any atom is 0.410 e. The first kappa shape index (κ1) is 13.9. The van der Waals surface area contributed by atoms with Crippen LogP contribution in [0, 0.1) is 0 Å². The molecule has 1 aromatic rings. The highest BCUT2D eigenvalue weighted by molar-refractivity contribution is 5.89. The lowest BCUT2D eigenvalue weighted by molar-refractivity contribution is -0.133. The molecule has 0 fully saturated rings. The van der Waals surface area contributed by atoms with Crippen LogP contribution < -0.4 is 5.73 Å². The third-order valence-electron chi connectivity index (χ3n) is 3.11. The molecule has 0 saturated heterocycles. The number of nitrogens with zero attached hydrogens (tertiary/aromatic N) is 1. The number of aliphatic carboxylic acids is 1. The van der Waals surface area contributed by atoms with Crippen molar-refractivity contribution in [3.05, 3.63) is 47.2 Å². The van der Waals surface area contributed by atoms with Gasteiger partial charge in [0.15, 0.2) is 0 Å². The Balaban J connectivity index is 1.93. The molecule has 6 nitrogen and oxygen atoms in total. The van der Waals surface area contributed by atoms with E-state index in [0.717, 1.165) is 5.56 Å². The van der Waals surface area contributed by atoms with E-state index in [1.165, 1.54) is 4.90 Å². The minimum Gasteiger partial charge on any atom is -0.478 e. The van der Waals surface area contributed by atoms with Gasteiger partial charge >= 0.3 is 12.1 Å². The average Bonchev–Trinajstić information content (AvgIpc) is 2.46. The molecule has 0 aliphatic carbocycles. The lowest BCUT2D eigenvalue weighted by Crippen LogP contribution is -2.40. The lowest BCUT2D eigenvalue weighted by Gasteiger charge is -2.27. The van der Waals surface area contributed by atoms with Crippen LogP contribution in [0.15, 0.2) is 41.6 Å². The van der Waals surface area contributed by atoms with Crippen LogP contribution >= 0.6 is 0 Å². The highest BCUT2D eigenvalue weighted by Crippen LogP contribution is 2.15. The summed E-state index contributed by atoms with van der Waals surface area (Å²) in [5, 5.41) is 9.00. The quantitative estimate of drug-likeness (QED) is 0.868. The molecule has 3 N–H and O–H groups in total. The van der Waals surface area contributed by atoms with Gasteiger partial charge in [-0.25, -0.2) is 9.59 Å². The summed E-state index contributed by atoms with van der Waals surface area (Å²) in [6.07, 6.45) is -0.178. The second-order valence-corrected chi connectivity index (χ2v) is 4.52. The lowest BCUT2D eigenvalue weighted by atomic mass is 10.1. The first-order valence-electron chi connectivity index (χ1n) is 6.24. The fourth-order valence-corrected chi connectivity index (χ4v) is 1.95. The van der Waals surface area contributed by atoms with Crippen molar-refractivity contribution in [2.24, 2.45) is 5.73 Å². The molecule has 0 saturated carbocycles. The predicted molar refractivity (Wildman–Crippen MR) is 71.7 cm³/mol. The van der Waals surface area contributed by atoms with Gasteiger partial charge in [0.25, 0.3) is 0 Å².